The van der Waals surface area contributed by atoms with E-state index in [1.807, 2.05) is 0 Å². The average molecular weight is 299 g/mol. The molecule has 0 aromatic heterocycles. The number of hydrogen-bond acceptors (Lipinski definition) is 2. The Morgan fingerprint density at radius 2 is 1.62 bits per heavy atom. The summed E-state index contributed by atoms with van der Waals surface area (Å²) < 4.78 is 55.9. The van der Waals surface area contributed by atoms with Crippen LogP contribution in [0.1, 0.15) is 18.5 Å². The summed E-state index contributed by atoms with van der Waals surface area (Å²) in [5, 5.41) is 2.85. The van der Waals surface area contributed by atoms with Crippen LogP contribution in [0.2, 0.25) is 0 Å². The quantitative estimate of drug-likeness (QED) is 0.805. The number of rotatable bonds is 5. The lowest BCUT2D eigenvalue weighted by atomic mass is 10.1. The number of benzene rings is 2. The molecule has 1 atom stereocenters. The number of halogens is 4. The van der Waals surface area contributed by atoms with E-state index < -0.39 is 24.3 Å². The van der Waals surface area contributed by atoms with Crippen LogP contribution in [0.3, 0.4) is 0 Å². The van der Waals surface area contributed by atoms with Crippen molar-refractivity contribution in [3.63, 3.8) is 0 Å². The SMILES string of the molecule is CC(Nc1cccc(OC(F)F)c1)c1c(F)cccc1F. The van der Waals surface area contributed by atoms with Crippen molar-refractivity contribution in [2.45, 2.75) is 19.6 Å². The van der Waals surface area contributed by atoms with Gasteiger partial charge in [-0.3, -0.25) is 0 Å². The first-order valence-corrected chi connectivity index (χ1v) is 6.22. The minimum absolute atomic E-state index is 0.0313. The Balaban J connectivity index is 2.18. The molecule has 0 aliphatic rings. The number of hydrogen-bond donors (Lipinski definition) is 1. The van der Waals surface area contributed by atoms with E-state index in [0.717, 1.165) is 12.1 Å². The van der Waals surface area contributed by atoms with Gasteiger partial charge in [-0.2, -0.15) is 8.78 Å². The normalized spacial score (nSPS) is 12.3. The number of alkyl halides is 2. The second kappa shape index (κ2) is 6.47. The van der Waals surface area contributed by atoms with Crippen LogP contribution < -0.4 is 10.1 Å². The van der Waals surface area contributed by atoms with Crippen LogP contribution in [0.25, 0.3) is 0 Å². The van der Waals surface area contributed by atoms with Gasteiger partial charge >= 0.3 is 6.61 Å². The maximum atomic E-state index is 13.7. The predicted octanol–water partition coefficient (Wildman–Crippen LogP) is 4.74. The van der Waals surface area contributed by atoms with E-state index in [1.54, 1.807) is 13.0 Å². The van der Waals surface area contributed by atoms with Gasteiger partial charge in [0.1, 0.15) is 17.4 Å². The van der Waals surface area contributed by atoms with Crippen LogP contribution in [0.5, 0.6) is 5.75 Å². The maximum absolute atomic E-state index is 13.7. The lowest BCUT2D eigenvalue weighted by Crippen LogP contribution is -2.11. The van der Waals surface area contributed by atoms with Crippen LogP contribution in [0, 0.1) is 11.6 Å². The van der Waals surface area contributed by atoms with Gasteiger partial charge < -0.3 is 10.1 Å². The summed E-state index contributed by atoms with van der Waals surface area (Å²) in [6.45, 7) is -1.36. The molecule has 6 heteroatoms. The van der Waals surface area contributed by atoms with Gasteiger partial charge in [0.25, 0.3) is 0 Å². The van der Waals surface area contributed by atoms with Gasteiger partial charge in [-0.05, 0) is 31.2 Å². The zero-order chi connectivity index (χ0) is 15.4. The molecule has 21 heavy (non-hydrogen) atoms. The molecule has 0 radical (unpaired) electrons. The fourth-order valence-electron chi connectivity index (χ4n) is 2.01. The van der Waals surface area contributed by atoms with Gasteiger partial charge in [-0.25, -0.2) is 8.78 Å². The number of anilines is 1. The molecule has 0 aliphatic carbocycles. The molecule has 2 aromatic rings. The topological polar surface area (TPSA) is 21.3 Å². The molecule has 0 amide bonds. The minimum atomic E-state index is -2.93. The van der Waals surface area contributed by atoms with Crippen LogP contribution >= 0.6 is 0 Å². The molecule has 0 saturated carbocycles. The second-order valence-corrected chi connectivity index (χ2v) is 4.41. The highest BCUT2D eigenvalue weighted by atomic mass is 19.3. The van der Waals surface area contributed by atoms with Gasteiger partial charge in [0.05, 0.1) is 6.04 Å². The van der Waals surface area contributed by atoms with E-state index in [9.17, 15) is 17.6 Å². The smallest absolute Gasteiger partial charge is 0.387 e. The lowest BCUT2D eigenvalue weighted by molar-refractivity contribution is -0.0498. The molecule has 2 aromatic carbocycles. The Bertz CT molecular complexity index is 598. The molecule has 0 spiro atoms. The Labute approximate surface area is 119 Å². The van der Waals surface area contributed by atoms with Gasteiger partial charge in [0, 0.05) is 17.3 Å². The Hall–Kier alpha value is -2.24. The molecule has 2 nitrogen and oxygen atoms in total. The number of ether oxygens (including phenoxy) is 1. The van der Waals surface area contributed by atoms with Crippen LogP contribution in [0.15, 0.2) is 42.5 Å². The molecule has 0 fully saturated rings. The molecule has 0 heterocycles. The fourth-order valence-corrected chi connectivity index (χ4v) is 2.01. The summed E-state index contributed by atoms with van der Waals surface area (Å²) in [4.78, 5) is 0. The molecular formula is C15H13F4NO. The van der Waals surface area contributed by atoms with Crippen molar-refractivity contribution in [2.75, 3.05) is 5.32 Å². The van der Waals surface area contributed by atoms with E-state index >= 15 is 0 Å². The Morgan fingerprint density at radius 3 is 2.24 bits per heavy atom. The molecular weight excluding hydrogens is 286 g/mol. The third kappa shape index (κ3) is 3.87. The van der Waals surface area contributed by atoms with Crippen molar-refractivity contribution in [3.05, 3.63) is 59.7 Å². The Morgan fingerprint density at radius 1 is 1.00 bits per heavy atom. The molecule has 1 unspecified atom stereocenters. The zero-order valence-corrected chi connectivity index (χ0v) is 11.1. The van der Waals surface area contributed by atoms with Crippen molar-refractivity contribution >= 4 is 5.69 Å². The van der Waals surface area contributed by atoms with Crippen molar-refractivity contribution < 1.29 is 22.3 Å². The lowest BCUT2D eigenvalue weighted by Gasteiger charge is -2.17. The first-order valence-electron chi connectivity index (χ1n) is 6.22. The van der Waals surface area contributed by atoms with Gasteiger partial charge in [0.15, 0.2) is 0 Å². The monoisotopic (exact) mass is 299 g/mol. The zero-order valence-electron chi connectivity index (χ0n) is 11.1. The van der Waals surface area contributed by atoms with E-state index in [1.165, 1.54) is 24.3 Å². The maximum Gasteiger partial charge on any atom is 0.387 e. The van der Waals surface area contributed by atoms with Crippen molar-refractivity contribution in [1.82, 2.24) is 0 Å². The first-order chi connectivity index (χ1) is 9.97. The summed E-state index contributed by atoms with van der Waals surface area (Å²) >= 11 is 0. The fraction of sp³-hybridized carbons (Fsp3) is 0.200. The number of nitrogens with one attached hydrogen (secondary N) is 1. The van der Waals surface area contributed by atoms with Gasteiger partial charge in [-0.1, -0.05) is 12.1 Å². The van der Waals surface area contributed by atoms with Gasteiger partial charge in [0.2, 0.25) is 0 Å². The van der Waals surface area contributed by atoms with Crippen LogP contribution in [-0.4, -0.2) is 6.61 Å². The molecule has 2 rings (SSSR count). The van der Waals surface area contributed by atoms with E-state index in [0.29, 0.717) is 5.69 Å². The van der Waals surface area contributed by atoms with Crippen molar-refractivity contribution in [1.29, 1.82) is 0 Å². The average Bonchev–Trinajstić information content (AvgIpc) is 2.37. The van der Waals surface area contributed by atoms with Crippen molar-refractivity contribution in [2.24, 2.45) is 0 Å². The molecule has 0 bridgehead atoms. The standard InChI is InChI=1S/C15H13F4NO/c1-9(14-12(16)6-3-7-13(14)17)20-10-4-2-5-11(8-10)21-15(18)19/h2-9,15,20H,1H3. The Kier molecular flexibility index (Phi) is 4.67. The molecule has 0 aliphatic heterocycles. The highest BCUT2D eigenvalue weighted by Crippen LogP contribution is 2.26. The summed E-state index contributed by atoms with van der Waals surface area (Å²) in [6, 6.07) is 8.72. The van der Waals surface area contributed by atoms with Crippen LogP contribution in [-0.2, 0) is 0 Å². The predicted molar refractivity (Wildman–Crippen MR) is 71.5 cm³/mol. The third-order valence-electron chi connectivity index (χ3n) is 2.88. The first kappa shape index (κ1) is 15.2. The van der Waals surface area contributed by atoms with Crippen molar-refractivity contribution in [3.8, 4) is 5.75 Å². The highest BCUT2D eigenvalue weighted by molar-refractivity contribution is 5.50. The molecule has 112 valence electrons. The molecule has 1 N–H and O–H groups in total. The van der Waals surface area contributed by atoms with Gasteiger partial charge in [-0.15, -0.1) is 0 Å². The second-order valence-electron chi connectivity index (χ2n) is 4.41. The minimum Gasteiger partial charge on any atom is -0.435 e. The summed E-state index contributed by atoms with van der Waals surface area (Å²) in [7, 11) is 0. The highest BCUT2D eigenvalue weighted by Gasteiger charge is 2.16. The van der Waals surface area contributed by atoms with E-state index in [2.05, 4.69) is 10.1 Å². The van der Waals surface area contributed by atoms with E-state index in [-0.39, 0.29) is 11.3 Å². The third-order valence-corrected chi connectivity index (χ3v) is 2.88. The van der Waals surface area contributed by atoms with Crippen LogP contribution in [0.4, 0.5) is 23.2 Å². The largest absolute Gasteiger partial charge is 0.435 e. The molecule has 0 saturated heterocycles. The summed E-state index contributed by atoms with van der Waals surface area (Å²) in [5.74, 6) is -1.37. The summed E-state index contributed by atoms with van der Waals surface area (Å²) in [5.41, 5.74) is 0.306. The van der Waals surface area contributed by atoms with E-state index in [4.69, 9.17) is 0 Å². The summed E-state index contributed by atoms with van der Waals surface area (Å²) in [6.07, 6.45) is 0.